The highest BCUT2D eigenvalue weighted by Crippen LogP contribution is 2.29. The van der Waals surface area contributed by atoms with Crippen LogP contribution in [-0.2, 0) is 0 Å². The molecule has 0 spiro atoms. The summed E-state index contributed by atoms with van der Waals surface area (Å²) < 4.78 is 0. The summed E-state index contributed by atoms with van der Waals surface area (Å²) in [5.41, 5.74) is 2.18. The number of aliphatic imine (C=N–C) groups is 1. The van der Waals surface area contributed by atoms with Crippen molar-refractivity contribution < 1.29 is 10.0 Å². The lowest BCUT2D eigenvalue weighted by atomic mass is 9.97. The van der Waals surface area contributed by atoms with Gasteiger partial charge >= 0.3 is 0 Å². The van der Waals surface area contributed by atoms with Crippen molar-refractivity contribution in [2.24, 2.45) is 4.99 Å². The number of benzene rings is 2. The van der Waals surface area contributed by atoms with Crippen molar-refractivity contribution in [1.82, 2.24) is 0 Å². The van der Waals surface area contributed by atoms with Gasteiger partial charge < -0.3 is 5.11 Å². The zero-order chi connectivity index (χ0) is 16.1. The van der Waals surface area contributed by atoms with Crippen molar-refractivity contribution in [1.29, 1.82) is 0 Å². The molecule has 0 aromatic heterocycles. The highest BCUT2D eigenvalue weighted by atomic mass is 16.6. The van der Waals surface area contributed by atoms with Crippen LogP contribution in [0.25, 0.3) is 0 Å². The summed E-state index contributed by atoms with van der Waals surface area (Å²) >= 11 is 0. The fourth-order valence-corrected chi connectivity index (χ4v) is 2.14. The van der Waals surface area contributed by atoms with Gasteiger partial charge in [-0.25, -0.2) is 0 Å². The van der Waals surface area contributed by atoms with E-state index in [0.717, 1.165) is 17.7 Å². The number of para-hydroxylation sites is 1. The molecule has 22 heavy (non-hydrogen) atoms. The molecule has 0 amide bonds. The molecule has 0 bridgehead atoms. The number of nitro groups is 1. The molecule has 0 unspecified atom stereocenters. The highest BCUT2D eigenvalue weighted by molar-refractivity contribution is 5.86. The molecule has 2 aromatic rings. The molecule has 0 aliphatic rings. The minimum absolute atomic E-state index is 0.0321. The average molecular weight is 298 g/mol. The molecule has 0 aliphatic carbocycles. The summed E-state index contributed by atoms with van der Waals surface area (Å²) in [6.07, 6.45) is 2.46. The fourth-order valence-electron chi connectivity index (χ4n) is 2.14. The van der Waals surface area contributed by atoms with Gasteiger partial charge in [0.15, 0.2) is 0 Å². The number of non-ortho nitro benzene ring substituents is 1. The van der Waals surface area contributed by atoms with Gasteiger partial charge in [0.2, 0.25) is 0 Å². The van der Waals surface area contributed by atoms with E-state index < -0.39 is 4.92 Å². The number of hydrogen-bond acceptors (Lipinski definition) is 4. The molecule has 5 nitrogen and oxygen atoms in total. The summed E-state index contributed by atoms with van der Waals surface area (Å²) in [5.74, 6) is 0.336. The van der Waals surface area contributed by atoms with Crippen LogP contribution in [0.1, 0.15) is 37.3 Å². The van der Waals surface area contributed by atoms with Crippen LogP contribution in [0.2, 0.25) is 0 Å². The van der Waals surface area contributed by atoms with Crippen molar-refractivity contribution in [3.8, 4) is 5.75 Å². The van der Waals surface area contributed by atoms with E-state index in [4.69, 9.17) is 0 Å². The smallest absolute Gasteiger partial charge is 0.270 e. The van der Waals surface area contributed by atoms with Gasteiger partial charge in [0, 0.05) is 23.9 Å². The predicted molar refractivity (Wildman–Crippen MR) is 87.2 cm³/mol. The molecular weight excluding hydrogens is 280 g/mol. The van der Waals surface area contributed by atoms with Crippen molar-refractivity contribution in [3.63, 3.8) is 0 Å². The number of phenols is 1. The van der Waals surface area contributed by atoms with Crippen molar-refractivity contribution in [3.05, 3.63) is 63.7 Å². The summed E-state index contributed by atoms with van der Waals surface area (Å²) in [7, 11) is 0. The van der Waals surface area contributed by atoms with Crippen LogP contribution < -0.4 is 0 Å². The molecule has 5 heteroatoms. The first-order chi connectivity index (χ1) is 10.5. The molecule has 2 aromatic carbocycles. The molecular formula is C17H18N2O3. The summed E-state index contributed by atoms with van der Waals surface area (Å²) in [6.45, 7) is 4.23. The molecule has 0 heterocycles. The molecule has 2 rings (SSSR count). The Morgan fingerprint density at radius 2 is 2.05 bits per heavy atom. The SMILES string of the molecule is CC[C@@H](C)c1ccccc1N=Cc1cc([N+](=O)[O-])ccc1O. The van der Waals surface area contributed by atoms with Gasteiger partial charge in [-0.1, -0.05) is 32.0 Å². The second-order valence-electron chi connectivity index (χ2n) is 5.13. The monoisotopic (exact) mass is 298 g/mol. The van der Waals surface area contributed by atoms with E-state index in [1.807, 2.05) is 24.3 Å². The Balaban J connectivity index is 2.37. The maximum absolute atomic E-state index is 10.8. The minimum Gasteiger partial charge on any atom is -0.507 e. The fraction of sp³-hybridized carbons (Fsp3) is 0.235. The summed E-state index contributed by atoms with van der Waals surface area (Å²) in [4.78, 5) is 14.7. The first kappa shape index (κ1) is 15.7. The first-order valence-electron chi connectivity index (χ1n) is 7.13. The summed E-state index contributed by atoms with van der Waals surface area (Å²) in [6, 6.07) is 11.7. The molecule has 0 aliphatic heterocycles. The lowest BCUT2D eigenvalue weighted by molar-refractivity contribution is -0.384. The Hall–Kier alpha value is -2.69. The maximum Gasteiger partial charge on any atom is 0.270 e. The topological polar surface area (TPSA) is 75.7 Å². The maximum atomic E-state index is 10.8. The lowest BCUT2D eigenvalue weighted by Crippen LogP contribution is -1.93. The quantitative estimate of drug-likeness (QED) is 0.499. The van der Waals surface area contributed by atoms with Crippen molar-refractivity contribution in [2.75, 3.05) is 0 Å². The van der Waals surface area contributed by atoms with Crippen LogP contribution in [0.15, 0.2) is 47.5 Å². The Morgan fingerprint density at radius 3 is 2.73 bits per heavy atom. The Bertz CT molecular complexity index is 711. The van der Waals surface area contributed by atoms with E-state index in [2.05, 4.69) is 18.8 Å². The number of hydrogen-bond donors (Lipinski definition) is 1. The van der Waals surface area contributed by atoms with Crippen LogP contribution in [-0.4, -0.2) is 16.2 Å². The van der Waals surface area contributed by atoms with Crippen LogP contribution in [0, 0.1) is 10.1 Å². The van der Waals surface area contributed by atoms with Gasteiger partial charge in [0.25, 0.3) is 5.69 Å². The van der Waals surface area contributed by atoms with Gasteiger partial charge in [-0.15, -0.1) is 0 Å². The van der Waals surface area contributed by atoms with E-state index in [0.29, 0.717) is 11.5 Å². The zero-order valence-corrected chi connectivity index (χ0v) is 12.6. The summed E-state index contributed by atoms with van der Waals surface area (Å²) in [5, 5.41) is 20.6. The Labute approximate surface area is 129 Å². The van der Waals surface area contributed by atoms with Gasteiger partial charge in [0.05, 0.1) is 10.6 Å². The third kappa shape index (κ3) is 3.49. The van der Waals surface area contributed by atoms with Crippen molar-refractivity contribution >= 4 is 17.6 Å². The number of nitrogens with zero attached hydrogens (tertiary/aromatic N) is 2. The van der Waals surface area contributed by atoms with E-state index in [1.54, 1.807) is 0 Å². The van der Waals surface area contributed by atoms with Gasteiger partial charge in [-0.2, -0.15) is 0 Å². The normalized spacial score (nSPS) is 12.5. The Kier molecular flexibility index (Phi) is 4.88. The average Bonchev–Trinajstić information content (AvgIpc) is 2.53. The van der Waals surface area contributed by atoms with Crippen molar-refractivity contribution in [2.45, 2.75) is 26.2 Å². The minimum atomic E-state index is -0.496. The predicted octanol–water partition coefficient (Wildman–Crippen LogP) is 4.56. The molecule has 114 valence electrons. The Morgan fingerprint density at radius 1 is 1.32 bits per heavy atom. The van der Waals surface area contributed by atoms with E-state index in [-0.39, 0.29) is 11.4 Å². The number of rotatable bonds is 5. The molecule has 0 saturated heterocycles. The van der Waals surface area contributed by atoms with E-state index >= 15 is 0 Å². The van der Waals surface area contributed by atoms with Gasteiger partial charge in [0.1, 0.15) is 5.75 Å². The molecule has 0 fully saturated rings. The second-order valence-corrected chi connectivity index (χ2v) is 5.13. The second kappa shape index (κ2) is 6.85. The standard InChI is InChI=1S/C17H18N2O3/c1-3-12(2)15-6-4-5-7-16(15)18-11-13-10-14(19(21)22)8-9-17(13)20/h4-12,20H,3H2,1-2H3/t12-/m1/s1. The van der Waals surface area contributed by atoms with Crippen LogP contribution in [0.4, 0.5) is 11.4 Å². The van der Waals surface area contributed by atoms with E-state index in [1.165, 1.54) is 24.4 Å². The van der Waals surface area contributed by atoms with E-state index in [9.17, 15) is 15.2 Å². The number of nitro benzene ring substituents is 1. The molecule has 1 N–H and O–H groups in total. The van der Waals surface area contributed by atoms with Gasteiger partial charge in [-0.05, 0) is 30.0 Å². The van der Waals surface area contributed by atoms with Crippen LogP contribution >= 0.6 is 0 Å². The molecule has 0 radical (unpaired) electrons. The van der Waals surface area contributed by atoms with Gasteiger partial charge in [-0.3, -0.25) is 15.1 Å². The van der Waals surface area contributed by atoms with Crippen LogP contribution in [0.5, 0.6) is 5.75 Å². The largest absolute Gasteiger partial charge is 0.507 e. The zero-order valence-electron chi connectivity index (χ0n) is 12.6. The number of aromatic hydroxyl groups is 1. The molecule has 0 saturated carbocycles. The number of phenolic OH excluding ortho intramolecular Hbond substituents is 1. The van der Waals surface area contributed by atoms with Crippen LogP contribution in [0.3, 0.4) is 0 Å². The third-order valence-corrected chi connectivity index (χ3v) is 3.64. The first-order valence-corrected chi connectivity index (χ1v) is 7.13. The lowest BCUT2D eigenvalue weighted by Gasteiger charge is -2.11. The third-order valence-electron chi connectivity index (χ3n) is 3.64. The highest BCUT2D eigenvalue weighted by Gasteiger charge is 2.10. The molecule has 1 atom stereocenters.